The number of amides is 1. The highest BCUT2D eigenvalue weighted by Gasteiger charge is 2.91. The third-order valence-corrected chi connectivity index (χ3v) is 9.85. The highest BCUT2D eigenvalue weighted by molar-refractivity contribution is 6.00. The summed E-state index contributed by atoms with van der Waals surface area (Å²) in [6.07, 6.45) is 3.18. The lowest BCUT2D eigenvalue weighted by Gasteiger charge is -2.73. The molecule has 1 aromatic rings. The Bertz CT molecular complexity index is 1140. The number of rotatable bonds is 0. The Balaban J connectivity index is 1.55. The first-order valence-electron chi connectivity index (χ1n) is 11.4. The van der Waals surface area contributed by atoms with Crippen molar-refractivity contribution in [3.8, 4) is 11.5 Å². The number of hydrogen-bond acceptors (Lipinski definition) is 8. The molecule has 5 heterocycles. The van der Waals surface area contributed by atoms with E-state index < -0.39 is 28.8 Å². The van der Waals surface area contributed by atoms with Crippen LogP contribution in [0.5, 0.6) is 11.5 Å². The molecule has 8 aliphatic rings. The van der Waals surface area contributed by atoms with Gasteiger partial charge in [0, 0.05) is 19.0 Å². The molecule has 5 aliphatic heterocycles. The van der Waals surface area contributed by atoms with Gasteiger partial charge in [0.05, 0.1) is 24.1 Å². The molecule has 1 aromatic carbocycles. The van der Waals surface area contributed by atoms with Crippen LogP contribution in [0.3, 0.4) is 0 Å². The van der Waals surface area contributed by atoms with Crippen molar-refractivity contribution in [2.45, 2.75) is 54.9 Å². The molecular formula is C23H24N2O7. The number of carbonyl (C=O) groups is 2. The smallest absolute Gasteiger partial charge is 0.414 e. The van der Waals surface area contributed by atoms with Crippen LogP contribution >= 0.6 is 0 Å². The summed E-state index contributed by atoms with van der Waals surface area (Å²) in [5.41, 5.74) is -0.639. The summed E-state index contributed by atoms with van der Waals surface area (Å²) in [6.45, 7) is 1.54. The van der Waals surface area contributed by atoms with Crippen molar-refractivity contribution < 1.29 is 33.6 Å². The zero-order valence-electron chi connectivity index (χ0n) is 17.8. The van der Waals surface area contributed by atoms with Crippen LogP contribution in [-0.2, 0) is 19.7 Å². The molecule has 1 unspecified atom stereocenters. The van der Waals surface area contributed by atoms with Crippen LogP contribution in [0.1, 0.15) is 37.7 Å². The normalized spacial score (nSPS) is 46.1. The van der Waals surface area contributed by atoms with Gasteiger partial charge in [-0.15, -0.1) is 0 Å². The summed E-state index contributed by atoms with van der Waals surface area (Å²) in [7, 11) is 1.34. The minimum Gasteiger partial charge on any atom is -0.454 e. The first-order valence-corrected chi connectivity index (χ1v) is 11.4. The molecule has 3 saturated heterocycles. The zero-order valence-corrected chi connectivity index (χ0v) is 17.8. The molecule has 3 aliphatic carbocycles. The van der Waals surface area contributed by atoms with E-state index in [1.54, 1.807) is 4.90 Å². The Morgan fingerprint density at radius 1 is 1.25 bits per heavy atom. The summed E-state index contributed by atoms with van der Waals surface area (Å²) in [5, 5.41) is 12.2. The highest BCUT2D eigenvalue weighted by atomic mass is 16.7. The Morgan fingerprint density at radius 3 is 2.97 bits per heavy atom. The van der Waals surface area contributed by atoms with E-state index in [9.17, 15) is 14.7 Å². The molecule has 6 atom stereocenters. The number of piperidine rings is 1. The minimum absolute atomic E-state index is 0.0457. The van der Waals surface area contributed by atoms with Crippen molar-refractivity contribution in [2.24, 2.45) is 11.3 Å². The van der Waals surface area contributed by atoms with Gasteiger partial charge in [-0.3, -0.25) is 14.6 Å². The van der Waals surface area contributed by atoms with Gasteiger partial charge in [-0.05, 0) is 49.3 Å². The molecule has 168 valence electrons. The van der Waals surface area contributed by atoms with E-state index in [0.717, 1.165) is 31.4 Å². The Morgan fingerprint density at radius 2 is 2.12 bits per heavy atom. The van der Waals surface area contributed by atoms with E-state index in [-0.39, 0.29) is 24.2 Å². The van der Waals surface area contributed by atoms with E-state index in [1.165, 1.54) is 7.11 Å². The molecule has 9 rings (SSSR count). The lowest BCUT2D eigenvalue weighted by Crippen LogP contribution is -2.88. The third kappa shape index (κ3) is 1.44. The van der Waals surface area contributed by atoms with Crippen molar-refractivity contribution in [3.05, 3.63) is 17.7 Å². The van der Waals surface area contributed by atoms with E-state index >= 15 is 0 Å². The molecule has 9 heteroatoms. The van der Waals surface area contributed by atoms with Gasteiger partial charge in [-0.2, -0.15) is 0 Å². The van der Waals surface area contributed by atoms with Crippen LogP contribution < -0.4 is 14.4 Å². The van der Waals surface area contributed by atoms with Crippen molar-refractivity contribution in [1.82, 2.24) is 4.90 Å². The first-order chi connectivity index (χ1) is 15.4. The molecule has 1 amide bonds. The predicted octanol–water partition coefficient (Wildman–Crippen LogP) is 1.50. The summed E-state index contributed by atoms with van der Waals surface area (Å²) in [5.74, 6) is -1.60. The fourth-order valence-electron chi connectivity index (χ4n) is 9.34. The van der Waals surface area contributed by atoms with Crippen LogP contribution in [0.2, 0.25) is 0 Å². The average Bonchev–Trinajstić information content (AvgIpc) is 3.45. The van der Waals surface area contributed by atoms with Crippen LogP contribution in [-0.4, -0.2) is 66.4 Å². The Kier molecular flexibility index (Phi) is 2.82. The highest BCUT2D eigenvalue weighted by Crippen LogP contribution is 2.80. The predicted molar refractivity (Wildman–Crippen MR) is 107 cm³/mol. The van der Waals surface area contributed by atoms with Gasteiger partial charge in [-0.1, -0.05) is 6.07 Å². The van der Waals surface area contributed by atoms with Gasteiger partial charge in [0.1, 0.15) is 5.54 Å². The van der Waals surface area contributed by atoms with Crippen LogP contribution in [0.25, 0.3) is 0 Å². The molecule has 3 saturated carbocycles. The van der Waals surface area contributed by atoms with Crippen LogP contribution in [0.15, 0.2) is 12.1 Å². The first kappa shape index (κ1) is 18.0. The zero-order chi connectivity index (χ0) is 21.7. The fourth-order valence-corrected chi connectivity index (χ4v) is 9.34. The third-order valence-electron chi connectivity index (χ3n) is 9.85. The van der Waals surface area contributed by atoms with Crippen molar-refractivity contribution in [2.75, 3.05) is 31.9 Å². The Hall–Kier alpha value is -2.52. The second-order valence-corrected chi connectivity index (χ2v) is 10.5. The van der Waals surface area contributed by atoms with Gasteiger partial charge in [0.2, 0.25) is 12.6 Å². The molecule has 4 bridgehead atoms. The molecule has 9 nitrogen and oxygen atoms in total. The van der Waals surface area contributed by atoms with E-state index in [4.69, 9.17) is 18.9 Å². The van der Waals surface area contributed by atoms with E-state index in [2.05, 4.69) is 4.90 Å². The number of aliphatic hydroxyl groups is 1. The second-order valence-electron chi connectivity index (χ2n) is 10.5. The minimum atomic E-state index is -1.79. The van der Waals surface area contributed by atoms with Crippen LogP contribution in [0, 0.1) is 11.3 Å². The van der Waals surface area contributed by atoms with E-state index in [0.29, 0.717) is 36.6 Å². The SMILES string of the molecule is COC(=O)N1c2c(ccc3c2OCO3)[C@@]23C4CN5CCC[C@]6(CC[C@]12[C@](O)(C6)OC4=O)[C@H]53. The summed E-state index contributed by atoms with van der Waals surface area (Å²) in [6, 6.07) is 3.89. The fraction of sp³-hybridized carbons (Fsp3) is 0.652. The average molecular weight is 440 g/mol. The molecular weight excluding hydrogens is 416 g/mol. The topological polar surface area (TPSA) is 97.8 Å². The van der Waals surface area contributed by atoms with Crippen molar-refractivity contribution in [1.29, 1.82) is 0 Å². The van der Waals surface area contributed by atoms with Gasteiger partial charge in [0.15, 0.2) is 11.5 Å². The number of nitrogens with zero attached hydrogens (tertiary/aromatic N) is 2. The molecule has 1 N–H and O–H groups in total. The summed E-state index contributed by atoms with van der Waals surface area (Å²) >= 11 is 0. The number of methoxy groups -OCH3 is 1. The van der Waals surface area contributed by atoms with Crippen molar-refractivity contribution >= 4 is 17.7 Å². The summed E-state index contributed by atoms with van der Waals surface area (Å²) < 4.78 is 22.8. The van der Waals surface area contributed by atoms with Gasteiger partial charge >= 0.3 is 12.1 Å². The summed E-state index contributed by atoms with van der Waals surface area (Å²) in [4.78, 5) is 31.0. The molecule has 32 heavy (non-hydrogen) atoms. The quantitative estimate of drug-likeness (QED) is 0.607. The largest absolute Gasteiger partial charge is 0.454 e. The molecule has 3 spiro atoms. The van der Waals surface area contributed by atoms with Crippen molar-refractivity contribution in [3.63, 3.8) is 0 Å². The van der Waals surface area contributed by atoms with Gasteiger partial charge in [-0.25, -0.2) is 4.79 Å². The van der Waals surface area contributed by atoms with Gasteiger partial charge < -0.3 is 24.1 Å². The lowest BCUT2D eigenvalue weighted by molar-refractivity contribution is -0.334. The number of esters is 1. The number of fused-ring (bicyclic) bond motifs is 4. The lowest BCUT2D eigenvalue weighted by atomic mass is 9.37. The number of anilines is 1. The van der Waals surface area contributed by atoms with Gasteiger partial charge in [0.25, 0.3) is 0 Å². The molecule has 0 radical (unpaired) electrons. The number of hydrogen-bond donors (Lipinski definition) is 1. The van der Waals surface area contributed by atoms with E-state index in [1.807, 2.05) is 12.1 Å². The maximum absolute atomic E-state index is 13.5. The standard InChI is InChI=1S/C23H24N2O7/c1-29-19(27)25-15-12(3-4-14-16(15)31-11-30-14)23-13-9-24-8-2-5-20(18(23)24)6-7-21(23,25)22(28,10-20)32-17(13)26/h3-4,13,18,28H,2,5-11H2,1H3/t13?,18-,20+,21+,22-,23-/m0/s1. The number of ether oxygens (including phenoxy) is 4. The maximum Gasteiger partial charge on any atom is 0.414 e. The maximum atomic E-state index is 13.5. The number of carbonyl (C=O) groups excluding carboxylic acids is 2. The monoisotopic (exact) mass is 440 g/mol. The molecule has 6 fully saturated rings. The van der Waals surface area contributed by atoms with Crippen LogP contribution in [0.4, 0.5) is 10.5 Å². The Labute approximate surface area is 184 Å². The second kappa shape index (κ2) is 5.02. The number of benzene rings is 1. The molecule has 0 aromatic heterocycles.